The first-order chi connectivity index (χ1) is 8.18. The van der Waals surface area contributed by atoms with Crippen LogP contribution in [-0.4, -0.2) is 25.5 Å². The van der Waals surface area contributed by atoms with Gasteiger partial charge in [0.2, 0.25) is 5.91 Å². The van der Waals surface area contributed by atoms with Crippen molar-refractivity contribution in [1.82, 2.24) is 5.32 Å². The van der Waals surface area contributed by atoms with E-state index in [0.29, 0.717) is 6.42 Å². The maximum atomic E-state index is 12.0. The Morgan fingerprint density at radius 2 is 2.18 bits per heavy atom. The summed E-state index contributed by atoms with van der Waals surface area (Å²) in [5.74, 6) is 0.202. The second-order valence-corrected chi connectivity index (χ2v) is 5.19. The zero-order valence-corrected chi connectivity index (χ0v) is 11.6. The fourth-order valence-electron chi connectivity index (χ4n) is 1.96. The number of rotatable bonds is 1. The number of amides is 1. The Morgan fingerprint density at radius 1 is 1.35 bits per heavy atom. The minimum Gasteiger partial charge on any atom is -0.316 e. The van der Waals surface area contributed by atoms with E-state index in [-0.39, 0.29) is 5.91 Å². The standard InChI is InChI=1S/C13H17BrN2O/c1-10-3-4-11(9-12(10)14)16-8-2-6-15-7-5-13(16)17/h3-4,9,15H,2,5-8H2,1H3. The van der Waals surface area contributed by atoms with E-state index in [2.05, 4.69) is 21.2 Å². The Balaban J connectivity index is 2.22. The Kier molecular flexibility index (Phi) is 4.18. The Hall–Kier alpha value is -0.870. The fraction of sp³-hybridized carbons (Fsp3) is 0.462. The van der Waals surface area contributed by atoms with Crippen LogP contribution in [0.1, 0.15) is 18.4 Å². The van der Waals surface area contributed by atoms with Gasteiger partial charge in [0.15, 0.2) is 0 Å². The van der Waals surface area contributed by atoms with Crippen molar-refractivity contribution < 1.29 is 4.79 Å². The fourth-order valence-corrected chi connectivity index (χ4v) is 2.33. The van der Waals surface area contributed by atoms with Gasteiger partial charge in [0.25, 0.3) is 0 Å². The van der Waals surface area contributed by atoms with Gasteiger partial charge in [-0.25, -0.2) is 0 Å². The van der Waals surface area contributed by atoms with E-state index >= 15 is 0 Å². The predicted octanol–water partition coefficient (Wildman–Crippen LogP) is 2.47. The third kappa shape index (κ3) is 3.07. The van der Waals surface area contributed by atoms with Gasteiger partial charge in [0.1, 0.15) is 0 Å². The molecular formula is C13H17BrN2O. The number of aryl methyl sites for hydroxylation is 1. The van der Waals surface area contributed by atoms with E-state index in [1.165, 1.54) is 5.56 Å². The Labute approximate surface area is 110 Å². The Bertz CT molecular complexity index is 420. The molecule has 0 spiro atoms. The molecule has 1 saturated heterocycles. The number of hydrogen-bond donors (Lipinski definition) is 1. The van der Waals surface area contributed by atoms with Crippen LogP contribution in [-0.2, 0) is 4.79 Å². The van der Waals surface area contributed by atoms with Crippen LogP contribution in [0.5, 0.6) is 0 Å². The lowest BCUT2D eigenvalue weighted by atomic mass is 10.2. The summed E-state index contributed by atoms with van der Waals surface area (Å²) in [6, 6.07) is 6.10. The van der Waals surface area contributed by atoms with E-state index in [1.54, 1.807) is 0 Å². The topological polar surface area (TPSA) is 32.3 Å². The summed E-state index contributed by atoms with van der Waals surface area (Å²) < 4.78 is 1.06. The van der Waals surface area contributed by atoms with Crippen LogP contribution in [0.2, 0.25) is 0 Å². The SMILES string of the molecule is Cc1ccc(N2CCCNCCC2=O)cc1Br. The molecule has 4 heteroatoms. The molecule has 0 saturated carbocycles. The molecule has 0 atom stereocenters. The molecule has 1 N–H and O–H groups in total. The molecule has 3 nitrogen and oxygen atoms in total. The number of nitrogens with one attached hydrogen (secondary N) is 1. The average molecular weight is 297 g/mol. The van der Waals surface area contributed by atoms with Crippen molar-refractivity contribution in [2.24, 2.45) is 0 Å². The lowest BCUT2D eigenvalue weighted by molar-refractivity contribution is -0.118. The van der Waals surface area contributed by atoms with Gasteiger partial charge in [-0.15, -0.1) is 0 Å². The van der Waals surface area contributed by atoms with Crippen molar-refractivity contribution in [3.05, 3.63) is 28.2 Å². The maximum absolute atomic E-state index is 12.0. The van der Waals surface area contributed by atoms with Crippen molar-refractivity contribution in [2.75, 3.05) is 24.5 Å². The highest BCUT2D eigenvalue weighted by atomic mass is 79.9. The number of benzene rings is 1. The van der Waals surface area contributed by atoms with E-state index in [4.69, 9.17) is 0 Å². The van der Waals surface area contributed by atoms with Crippen LogP contribution in [0.25, 0.3) is 0 Å². The second-order valence-electron chi connectivity index (χ2n) is 4.33. The van der Waals surface area contributed by atoms with Crippen LogP contribution >= 0.6 is 15.9 Å². The molecule has 1 aromatic rings. The molecule has 1 aliphatic heterocycles. The molecule has 1 aliphatic rings. The van der Waals surface area contributed by atoms with Gasteiger partial charge in [-0.1, -0.05) is 22.0 Å². The minimum atomic E-state index is 0.202. The van der Waals surface area contributed by atoms with Gasteiger partial charge in [0, 0.05) is 29.7 Å². The van der Waals surface area contributed by atoms with E-state index in [0.717, 1.165) is 36.2 Å². The summed E-state index contributed by atoms with van der Waals surface area (Å²) in [7, 11) is 0. The second kappa shape index (κ2) is 5.65. The minimum absolute atomic E-state index is 0.202. The number of hydrogen-bond acceptors (Lipinski definition) is 2. The quantitative estimate of drug-likeness (QED) is 0.863. The van der Waals surface area contributed by atoms with Gasteiger partial charge >= 0.3 is 0 Å². The molecule has 0 bridgehead atoms. The highest BCUT2D eigenvalue weighted by Gasteiger charge is 2.17. The first-order valence-corrected chi connectivity index (χ1v) is 6.75. The molecule has 1 aromatic carbocycles. The lowest BCUT2D eigenvalue weighted by Gasteiger charge is -2.25. The van der Waals surface area contributed by atoms with Crippen molar-refractivity contribution >= 4 is 27.5 Å². The predicted molar refractivity (Wildman–Crippen MR) is 73.3 cm³/mol. The molecule has 2 rings (SSSR count). The summed E-state index contributed by atoms with van der Waals surface area (Å²) >= 11 is 3.52. The third-order valence-electron chi connectivity index (χ3n) is 3.02. The van der Waals surface area contributed by atoms with Crippen molar-refractivity contribution in [2.45, 2.75) is 19.8 Å². The van der Waals surface area contributed by atoms with Crippen LogP contribution < -0.4 is 10.2 Å². The zero-order chi connectivity index (χ0) is 12.3. The van der Waals surface area contributed by atoms with Crippen molar-refractivity contribution in [3.8, 4) is 0 Å². The molecule has 1 fully saturated rings. The first kappa shape index (κ1) is 12.6. The molecule has 1 heterocycles. The van der Waals surface area contributed by atoms with E-state index < -0.39 is 0 Å². The van der Waals surface area contributed by atoms with Gasteiger partial charge in [-0.3, -0.25) is 4.79 Å². The molecule has 0 unspecified atom stereocenters. The number of nitrogens with zero attached hydrogens (tertiary/aromatic N) is 1. The summed E-state index contributed by atoms with van der Waals surface area (Å²) in [4.78, 5) is 13.9. The number of anilines is 1. The number of carbonyl (C=O) groups is 1. The summed E-state index contributed by atoms with van der Waals surface area (Å²) in [5, 5.41) is 3.25. The van der Waals surface area contributed by atoms with Crippen molar-refractivity contribution in [1.29, 1.82) is 0 Å². The lowest BCUT2D eigenvalue weighted by Crippen LogP contribution is -2.38. The van der Waals surface area contributed by atoms with Gasteiger partial charge in [-0.05, 0) is 37.6 Å². The molecule has 17 heavy (non-hydrogen) atoms. The van der Waals surface area contributed by atoms with Crippen LogP contribution in [0.3, 0.4) is 0 Å². The molecule has 0 aromatic heterocycles. The number of carbonyl (C=O) groups excluding carboxylic acids is 1. The van der Waals surface area contributed by atoms with E-state index in [9.17, 15) is 4.79 Å². The Morgan fingerprint density at radius 3 is 2.94 bits per heavy atom. The van der Waals surface area contributed by atoms with Crippen LogP contribution in [0.15, 0.2) is 22.7 Å². The highest BCUT2D eigenvalue weighted by molar-refractivity contribution is 9.10. The summed E-state index contributed by atoms with van der Waals surface area (Å²) in [6.45, 7) is 4.60. The van der Waals surface area contributed by atoms with Gasteiger partial charge in [0.05, 0.1) is 0 Å². The number of halogens is 1. The molecule has 0 aliphatic carbocycles. The van der Waals surface area contributed by atoms with Gasteiger partial charge < -0.3 is 10.2 Å². The zero-order valence-electron chi connectivity index (χ0n) is 10.0. The largest absolute Gasteiger partial charge is 0.316 e. The van der Waals surface area contributed by atoms with Crippen LogP contribution in [0.4, 0.5) is 5.69 Å². The van der Waals surface area contributed by atoms with Gasteiger partial charge in [-0.2, -0.15) is 0 Å². The monoisotopic (exact) mass is 296 g/mol. The molecular weight excluding hydrogens is 280 g/mol. The summed E-state index contributed by atoms with van der Waals surface area (Å²) in [5.41, 5.74) is 2.18. The smallest absolute Gasteiger partial charge is 0.228 e. The average Bonchev–Trinajstić information content (AvgIpc) is 2.28. The molecule has 1 amide bonds. The normalized spacial score (nSPS) is 17.8. The van der Waals surface area contributed by atoms with E-state index in [1.807, 2.05) is 30.0 Å². The maximum Gasteiger partial charge on any atom is 0.228 e. The highest BCUT2D eigenvalue weighted by Crippen LogP contribution is 2.24. The first-order valence-electron chi connectivity index (χ1n) is 5.96. The molecule has 0 radical (unpaired) electrons. The third-order valence-corrected chi connectivity index (χ3v) is 3.87. The van der Waals surface area contributed by atoms with Crippen molar-refractivity contribution in [3.63, 3.8) is 0 Å². The molecule has 92 valence electrons. The summed E-state index contributed by atoms with van der Waals surface area (Å²) in [6.07, 6.45) is 1.57. The van der Waals surface area contributed by atoms with Crippen LogP contribution in [0, 0.1) is 6.92 Å².